The first-order chi connectivity index (χ1) is 16.0. The van der Waals surface area contributed by atoms with Gasteiger partial charge in [0.05, 0.1) is 24.1 Å². The molecule has 0 aliphatic heterocycles. The molecule has 0 atom stereocenters. The molecule has 1 fully saturated rings. The number of benzene rings is 2. The molecule has 1 N–H and O–H groups in total. The van der Waals surface area contributed by atoms with Crippen molar-refractivity contribution in [1.82, 2.24) is 20.1 Å². The van der Waals surface area contributed by atoms with Gasteiger partial charge in [-0.15, -0.1) is 10.2 Å². The smallest absolute Gasteiger partial charge is 0.231 e. The molecule has 7 nitrogen and oxygen atoms in total. The lowest BCUT2D eigenvalue weighted by Gasteiger charge is -2.21. The summed E-state index contributed by atoms with van der Waals surface area (Å²) < 4.78 is 21.8. The van der Waals surface area contributed by atoms with Crippen LogP contribution in [-0.4, -0.2) is 38.6 Å². The summed E-state index contributed by atoms with van der Waals surface area (Å²) in [6, 6.07) is 15.9. The third kappa shape index (κ3) is 5.01. The number of amides is 1. The van der Waals surface area contributed by atoms with Crippen molar-refractivity contribution in [1.29, 1.82) is 5.26 Å². The Kier molecular flexibility index (Phi) is 6.94. The second kappa shape index (κ2) is 10.0. The SMILES string of the molecule is CCOc1ccc(-c2nnc(SCC(=O)NC3(C#N)CCCC3)n2-c2ccccc2F)cc1. The van der Waals surface area contributed by atoms with Gasteiger partial charge in [-0.2, -0.15) is 5.26 Å². The van der Waals surface area contributed by atoms with Gasteiger partial charge in [0.15, 0.2) is 11.0 Å². The second-order valence-corrected chi connectivity index (χ2v) is 8.73. The molecule has 1 heterocycles. The Morgan fingerprint density at radius 3 is 2.61 bits per heavy atom. The molecular formula is C24H24FN5O2S. The van der Waals surface area contributed by atoms with E-state index in [2.05, 4.69) is 21.6 Å². The Labute approximate surface area is 196 Å². The highest BCUT2D eigenvalue weighted by molar-refractivity contribution is 7.99. The number of nitrogens with zero attached hydrogens (tertiary/aromatic N) is 4. The van der Waals surface area contributed by atoms with Gasteiger partial charge in [0.25, 0.3) is 0 Å². The van der Waals surface area contributed by atoms with Crippen LogP contribution in [-0.2, 0) is 4.79 Å². The van der Waals surface area contributed by atoms with Crippen LogP contribution in [0.2, 0.25) is 0 Å². The first-order valence-electron chi connectivity index (χ1n) is 10.8. The first kappa shape index (κ1) is 22.8. The molecule has 1 aliphatic rings. The summed E-state index contributed by atoms with van der Waals surface area (Å²) in [5.41, 5.74) is 0.239. The van der Waals surface area contributed by atoms with Crippen molar-refractivity contribution in [3.05, 3.63) is 54.3 Å². The lowest BCUT2D eigenvalue weighted by atomic mass is 10.0. The van der Waals surface area contributed by atoms with Crippen molar-refractivity contribution in [2.45, 2.75) is 43.3 Å². The number of carbonyl (C=O) groups excluding carboxylic acids is 1. The van der Waals surface area contributed by atoms with E-state index in [0.29, 0.717) is 36.1 Å². The number of ether oxygens (including phenoxy) is 1. The van der Waals surface area contributed by atoms with Gasteiger partial charge in [-0.1, -0.05) is 23.9 Å². The molecule has 9 heteroatoms. The topological polar surface area (TPSA) is 92.8 Å². The van der Waals surface area contributed by atoms with Crippen molar-refractivity contribution in [3.63, 3.8) is 0 Å². The van der Waals surface area contributed by atoms with E-state index in [1.165, 1.54) is 6.07 Å². The maximum absolute atomic E-state index is 14.7. The molecular weight excluding hydrogens is 441 g/mol. The number of para-hydroxylation sites is 1. The number of aromatic nitrogens is 3. The van der Waals surface area contributed by atoms with Gasteiger partial charge in [-0.05, 0) is 69.0 Å². The number of nitrogens with one attached hydrogen (secondary N) is 1. The van der Waals surface area contributed by atoms with Crippen molar-refractivity contribution in [2.24, 2.45) is 0 Å². The summed E-state index contributed by atoms with van der Waals surface area (Å²) in [5.74, 6) is 0.539. The molecule has 170 valence electrons. The molecule has 1 aromatic heterocycles. The second-order valence-electron chi connectivity index (χ2n) is 7.79. The van der Waals surface area contributed by atoms with Crippen molar-refractivity contribution >= 4 is 17.7 Å². The highest BCUT2D eigenvalue weighted by Crippen LogP contribution is 2.31. The maximum atomic E-state index is 14.7. The Balaban J connectivity index is 1.61. The lowest BCUT2D eigenvalue weighted by Crippen LogP contribution is -2.45. The van der Waals surface area contributed by atoms with E-state index in [9.17, 15) is 14.4 Å². The van der Waals surface area contributed by atoms with Gasteiger partial charge >= 0.3 is 0 Å². The molecule has 3 aromatic rings. The molecule has 0 spiro atoms. The Hall–Kier alpha value is -3.38. The van der Waals surface area contributed by atoms with Gasteiger partial charge in [-0.25, -0.2) is 4.39 Å². The summed E-state index contributed by atoms with van der Waals surface area (Å²) in [7, 11) is 0. The highest BCUT2D eigenvalue weighted by atomic mass is 32.2. The Morgan fingerprint density at radius 2 is 1.94 bits per heavy atom. The lowest BCUT2D eigenvalue weighted by molar-refractivity contribution is -0.119. The van der Waals surface area contributed by atoms with Gasteiger partial charge in [0.2, 0.25) is 5.91 Å². The number of halogens is 1. The maximum Gasteiger partial charge on any atom is 0.231 e. The summed E-state index contributed by atoms with van der Waals surface area (Å²) in [4.78, 5) is 12.6. The van der Waals surface area contributed by atoms with E-state index >= 15 is 0 Å². The summed E-state index contributed by atoms with van der Waals surface area (Å²) in [5, 5.41) is 21.3. The van der Waals surface area contributed by atoms with Crippen LogP contribution in [0.3, 0.4) is 0 Å². The van der Waals surface area contributed by atoms with Crippen LogP contribution >= 0.6 is 11.8 Å². The minimum Gasteiger partial charge on any atom is -0.494 e. The molecule has 0 saturated heterocycles. The van der Waals surface area contributed by atoms with Crippen LogP contribution in [0.25, 0.3) is 17.1 Å². The number of nitriles is 1. The normalized spacial score (nSPS) is 14.6. The van der Waals surface area contributed by atoms with Crippen LogP contribution < -0.4 is 10.1 Å². The fourth-order valence-electron chi connectivity index (χ4n) is 3.94. The first-order valence-corrected chi connectivity index (χ1v) is 11.8. The van der Waals surface area contributed by atoms with E-state index in [4.69, 9.17) is 4.74 Å². The summed E-state index contributed by atoms with van der Waals surface area (Å²) in [6.45, 7) is 2.47. The predicted octanol–water partition coefficient (Wildman–Crippen LogP) is 4.52. The molecule has 1 amide bonds. The number of hydrogen-bond acceptors (Lipinski definition) is 6. The minimum atomic E-state index is -0.787. The average Bonchev–Trinajstić information content (AvgIpc) is 3.46. The van der Waals surface area contributed by atoms with Crippen LogP contribution in [0.15, 0.2) is 53.7 Å². The van der Waals surface area contributed by atoms with Gasteiger partial charge in [0, 0.05) is 5.56 Å². The fourth-order valence-corrected chi connectivity index (χ4v) is 4.69. The minimum absolute atomic E-state index is 0.0410. The molecule has 33 heavy (non-hydrogen) atoms. The Bertz CT molecular complexity index is 1170. The van der Waals surface area contributed by atoms with Gasteiger partial charge in [-0.3, -0.25) is 9.36 Å². The molecule has 0 unspecified atom stereocenters. The van der Waals surface area contributed by atoms with Crippen molar-refractivity contribution < 1.29 is 13.9 Å². The van der Waals surface area contributed by atoms with Crippen LogP contribution in [0.5, 0.6) is 5.75 Å². The van der Waals surface area contributed by atoms with Crippen LogP contribution in [0.4, 0.5) is 4.39 Å². The molecule has 1 aliphatic carbocycles. The highest BCUT2D eigenvalue weighted by Gasteiger charge is 2.35. The monoisotopic (exact) mass is 465 g/mol. The predicted molar refractivity (Wildman–Crippen MR) is 124 cm³/mol. The standard InChI is InChI=1S/C24H24FN5O2S/c1-2-32-18-11-9-17(10-12-18)22-28-29-23(30(22)20-8-4-3-7-19(20)25)33-15-21(31)27-24(16-26)13-5-6-14-24/h3-4,7-12H,2,5-6,13-15H2,1H3,(H,27,31). The largest absolute Gasteiger partial charge is 0.494 e. The van der Waals surface area contributed by atoms with E-state index in [1.807, 2.05) is 31.2 Å². The van der Waals surface area contributed by atoms with Crippen molar-refractivity contribution in [2.75, 3.05) is 12.4 Å². The zero-order valence-electron chi connectivity index (χ0n) is 18.3. The number of thioether (sulfide) groups is 1. The molecule has 2 aromatic carbocycles. The third-order valence-electron chi connectivity index (χ3n) is 5.53. The van der Waals surface area contributed by atoms with Gasteiger partial charge in [0.1, 0.15) is 17.1 Å². The van der Waals surface area contributed by atoms with E-state index in [1.54, 1.807) is 22.8 Å². The zero-order valence-corrected chi connectivity index (χ0v) is 19.1. The third-order valence-corrected chi connectivity index (χ3v) is 6.46. The molecule has 1 saturated carbocycles. The fraction of sp³-hybridized carbons (Fsp3) is 0.333. The summed E-state index contributed by atoms with van der Waals surface area (Å²) in [6.07, 6.45) is 3.17. The Morgan fingerprint density at radius 1 is 1.21 bits per heavy atom. The molecule has 0 bridgehead atoms. The van der Waals surface area contributed by atoms with Gasteiger partial charge < -0.3 is 10.1 Å². The van der Waals surface area contributed by atoms with Crippen molar-refractivity contribution in [3.8, 4) is 28.9 Å². The van der Waals surface area contributed by atoms with E-state index in [-0.39, 0.29) is 11.7 Å². The average molecular weight is 466 g/mol. The van der Waals surface area contributed by atoms with Crippen LogP contribution in [0.1, 0.15) is 32.6 Å². The zero-order chi connectivity index (χ0) is 23.3. The molecule has 4 rings (SSSR count). The number of hydrogen-bond donors (Lipinski definition) is 1. The van der Waals surface area contributed by atoms with Crippen LogP contribution in [0, 0.1) is 17.1 Å². The van der Waals surface area contributed by atoms with E-state index in [0.717, 1.165) is 35.9 Å². The number of rotatable bonds is 8. The summed E-state index contributed by atoms with van der Waals surface area (Å²) >= 11 is 1.15. The van der Waals surface area contributed by atoms with E-state index < -0.39 is 11.4 Å². The quantitative estimate of drug-likeness (QED) is 0.492. The molecule has 0 radical (unpaired) electrons. The number of carbonyl (C=O) groups is 1.